The maximum atomic E-state index is 12.4. The minimum absolute atomic E-state index is 0.0927. The van der Waals surface area contributed by atoms with Crippen LogP contribution in [0.3, 0.4) is 0 Å². The second-order valence-electron chi connectivity index (χ2n) is 7.38. The van der Waals surface area contributed by atoms with Crippen molar-refractivity contribution in [3.8, 4) is 0 Å². The normalized spacial score (nSPS) is 40.4. The lowest BCUT2D eigenvalue weighted by Gasteiger charge is -2.59. The molecule has 4 bridgehead atoms. The van der Waals surface area contributed by atoms with Crippen LogP contribution in [0, 0.1) is 29.1 Å². The summed E-state index contributed by atoms with van der Waals surface area (Å²) < 4.78 is 0. The van der Waals surface area contributed by atoms with Gasteiger partial charge < -0.3 is 5.73 Å². The number of ketones is 1. The second kappa shape index (κ2) is 4.67. The lowest BCUT2D eigenvalue weighted by molar-refractivity contribution is -0.149. The molecule has 4 heteroatoms. The molecular formula is C17H21NO2S. The van der Waals surface area contributed by atoms with E-state index in [9.17, 15) is 9.59 Å². The van der Waals surface area contributed by atoms with Crippen molar-refractivity contribution in [1.29, 1.82) is 0 Å². The van der Waals surface area contributed by atoms with Crippen molar-refractivity contribution in [1.82, 2.24) is 0 Å². The summed E-state index contributed by atoms with van der Waals surface area (Å²) in [6.07, 6.45) is 5.93. The van der Waals surface area contributed by atoms with Crippen molar-refractivity contribution in [3.05, 3.63) is 22.4 Å². The maximum Gasteiger partial charge on any atom is 0.223 e. The number of hydrogen-bond acceptors (Lipinski definition) is 3. The molecule has 0 radical (unpaired) electrons. The van der Waals surface area contributed by atoms with Gasteiger partial charge in [-0.25, -0.2) is 0 Å². The quantitative estimate of drug-likeness (QED) is 0.868. The van der Waals surface area contributed by atoms with Crippen LogP contribution in [0.2, 0.25) is 0 Å². The largest absolute Gasteiger partial charge is 0.369 e. The van der Waals surface area contributed by atoms with Crippen molar-refractivity contribution < 1.29 is 9.59 Å². The number of Topliss-reactive ketones (excluding diaryl/α,β-unsaturated/α-hetero) is 1. The minimum Gasteiger partial charge on any atom is -0.369 e. The molecule has 4 saturated carbocycles. The summed E-state index contributed by atoms with van der Waals surface area (Å²) in [5.41, 5.74) is 5.47. The zero-order valence-corrected chi connectivity index (χ0v) is 12.9. The van der Waals surface area contributed by atoms with Gasteiger partial charge in [-0.3, -0.25) is 9.59 Å². The molecule has 0 spiro atoms. The van der Waals surface area contributed by atoms with E-state index in [0.29, 0.717) is 30.1 Å². The van der Waals surface area contributed by atoms with Crippen LogP contribution in [-0.2, 0) is 4.79 Å². The Balaban J connectivity index is 1.54. The van der Waals surface area contributed by atoms with Crippen molar-refractivity contribution in [2.75, 3.05) is 0 Å². The number of hydrogen-bond donors (Lipinski definition) is 1. The molecule has 1 heterocycles. The number of primary amides is 1. The third-order valence-electron chi connectivity index (χ3n) is 6.21. The molecular weight excluding hydrogens is 282 g/mol. The van der Waals surface area contributed by atoms with Gasteiger partial charge in [-0.2, -0.15) is 0 Å². The molecule has 21 heavy (non-hydrogen) atoms. The summed E-state index contributed by atoms with van der Waals surface area (Å²) in [7, 11) is 0. The summed E-state index contributed by atoms with van der Waals surface area (Å²) in [4.78, 5) is 25.2. The molecule has 3 nitrogen and oxygen atoms in total. The summed E-state index contributed by atoms with van der Waals surface area (Å²) in [5.74, 6) is 2.41. The highest BCUT2D eigenvalue weighted by atomic mass is 32.1. The first-order chi connectivity index (χ1) is 10.1. The van der Waals surface area contributed by atoms with E-state index in [2.05, 4.69) is 0 Å². The zero-order valence-electron chi connectivity index (χ0n) is 12.1. The van der Waals surface area contributed by atoms with E-state index in [1.165, 1.54) is 24.2 Å². The number of carbonyl (C=O) groups is 2. The fraction of sp³-hybridized carbons (Fsp3) is 0.647. The molecule has 5 rings (SSSR count). The molecule has 4 aliphatic carbocycles. The van der Waals surface area contributed by atoms with Gasteiger partial charge in [0.05, 0.1) is 4.88 Å². The topological polar surface area (TPSA) is 60.2 Å². The van der Waals surface area contributed by atoms with E-state index < -0.39 is 0 Å². The molecule has 2 unspecified atom stereocenters. The Bertz CT molecular complexity index is 564. The molecule has 2 N–H and O–H groups in total. The molecule has 4 fully saturated rings. The first-order valence-electron chi connectivity index (χ1n) is 7.94. The Kier molecular flexibility index (Phi) is 3.00. The van der Waals surface area contributed by atoms with Crippen LogP contribution in [0.5, 0.6) is 0 Å². The summed E-state index contributed by atoms with van der Waals surface area (Å²) >= 11 is 1.54. The van der Waals surface area contributed by atoms with Gasteiger partial charge in [-0.05, 0) is 67.2 Å². The predicted octanol–water partition coefficient (Wildman–Crippen LogP) is 3.25. The Morgan fingerprint density at radius 3 is 2.52 bits per heavy atom. The van der Waals surface area contributed by atoms with E-state index >= 15 is 0 Å². The Morgan fingerprint density at radius 1 is 1.24 bits per heavy atom. The van der Waals surface area contributed by atoms with E-state index in [0.717, 1.165) is 24.1 Å². The highest BCUT2D eigenvalue weighted by molar-refractivity contribution is 7.12. The van der Waals surface area contributed by atoms with Crippen molar-refractivity contribution in [3.63, 3.8) is 0 Å². The zero-order chi connectivity index (χ0) is 14.6. The van der Waals surface area contributed by atoms with E-state index in [1.807, 2.05) is 17.5 Å². The molecule has 1 aromatic rings. The van der Waals surface area contributed by atoms with Gasteiger partial charge in [0.1, 0.15) is 0 Å². The molecule has 112 valence electrons. The van der Waals surface area contributed by atoms with Crippen molar-refractivity contribution >= 4 is 23.0 Å². The third kappa shape index (κ3) is 2.07. The van der Waals surface area contributed by atoms with Gasteiger partial charge in [0.15, 0.2) is 5.78 Å². The second-order valence-corrected chi connectivity index (χ2v) is 8.33. The molecule has 0 aromatic carbocycles. The van der Waals surface area contributed by atoms with Crippen LogP contribution in [0.25, 0.3) is 0 Å². The average Bonchev–Trinajstić information content (AvgIpc) is 2.96. The van der Waals surface area contributed by atoms with E-state index in [-0.39, 0.29) is 17.1 Å². The third-order valence-corrected chi connectivity index (χ3v) is 7.12. The molecule has 0 saturated heterocycles. The van der Waals surface area contributed by atoms with Crippen LogP contribution in [0.4, 0.5) is 0 Å². The smallest absolute Gasteiger partial charge is 0.223 e. The van der Waals surface area contributed by atoms with Crippen molar-refractivity contribution in [2.45, 2.75) is 38.5 Å². The van der Waals surface area contributed by atoms with Crippen LogP contribution in [-0.4, -0.2) is 11.7 Å². The van der Waals surface area contributed by atoms with E-state index in [1.54, 1.807) is 0 Å². The van der Waals surface area contributed by atoms with Gasteiger partial charge in [0, 0.05) is 11.8 Å². The Labute approximate surface area is 128 Å². The maximum absolute atomic E-state index is 12.4. The monoisotopic (exact) mass is 303 g/mol. The van der Waals surface area contributed by atoms with E-state index in [4.69, 9.17) is 5.73 Å². The SMILES string of the molecule is NC(=O)C12CC3CC(C1)C(CC(=O)c1cccs1)C(C3)C2. The first-order valence-corrected chi connectivity index (χ1v) is 8.82. The molecule has 1 amide bonds. The molecule has 2 atom stereocenters. The molecule has 0 aliphatic heterocycles. The fourth-order valence-electron chi connectivity index (χ4n) is 5.52. The van der Waals surface area contributed by atoms with Gasteiger partial charge in [0.2, 0.25) is 5.91 Å². The summed E-state index contributed by atoms with van der Waals surface area (Å²) in [5, 5.41) is 1.96. The van der Waals surface area contributed by atoms with Crippen LogP contribution in [0.1, 0.15) is 48.2 Å². The number of amides is 1. The number of thiophene rings is 1. The highest BCUT2D eigenvalue weighted by Gasteiger charge is 2.57. The highest BCUT2D eigenvalue weighted by Crippen LogP contribution is 2.62. The molecule has 1 aromatic heterocycles. The van der Waals surface area contributed by atoms with Crippen LogP contribution < -0.4 is 5.73 Å². The predicted molar refractivity (Wildman–Crippen MR) is 81.9 cm³/mol. The summed E-state index contributed by atoms with van der Waals surface area (Å²) in [6.45, 7) is 0. The average molecular weight is 303 g/mol. The number of nitrogens with two attached hydrogens (primary N) is 1. The standard InChI is InChI=1S/C17H21NO2S/c18-16(20)17-7-10-4-11(8-17)13(12(5-10)9-17)6-14(19)15-2-1-3-21-15/h1-3,10-13H,4-9H2,(H2,18,20). The van der Waals surface area contributed by atoms with Crippen LogP contribution >= 0.6 is 11.3 Å². The number of rotatable bonds is 4. The number of carbonyl (C=O) groups excluding carboxylic acids is 2. The van der Waals surface area contributed by atoms with Gasteiger partial charge in [0.25, 0.3) is 0 Å². The van der Waals surface area contributed by atoms with Crippen LogP contribution in [0.15, 0.2) is 17.5 Å². The lowest BCUT2D eigenvalue weighted by atomic mass is 9.45. The van der Waals surface area contributed by atoms with Crippen molar-refractivity contribution in [2.24, 2.45) is 34.8 Å². The Morgan fingerprint density at radius 2 is 1.95 bits per heavy atom. The first kappa shape index (κ1) is 13.5. The lowest BCUT2D eigenvalue weighted by Crippen LogP contribution is -2.56. The summed E-state index contributed by atoms with van der Waals surface area (Å²) in [6, 6.07) is 3.87. The fourth-order valence-corrected chi connectivity index (χ4v) is 6.19. The molecule has 4 aliphatic rings. The Hall–Kier alpha value is -1.16. The van der Waals surface area contributed by atoms with Gasteiger partial charge in [-0.1, -0.05) is 6.07 Å². The minimum atomic E-state index is -0.237. The van der Waals surface area contributed by atoms with Gasteiger partial charge in [-0.15, -0.1) is 11.3 Å². The van der Waals surface area contributed by atoms with Gasteiger partial charge >= 0.3 is 0 Å².